The van der Waals surface area contributed by atoms with Gasteiger partial charge in [-0.05, 0) is 31.9 Å². The molecule has 1 atom stereocenters. The Balaban J connectivity index is 1.58. The quantitative estimate of drug-likeness (QED) is 0.803. The molecular weight excluding hydrogens is 252 g/mol. The summed E-state index contributed by atoms with van der Waals surface area (Å²) in [6.45, 7) is 3.64. The number of nitrogens with zero attached hydrogens (tertiary/aromatic N) is 1. The van der Waals surface area contributed by atoms with Crippen LogP contribution in [-0.2, 0) is 11.3 Å². The second-order valence-electron chi connectivity index (χ2n) is 5.65. The summed E-state index contributed by atoms with van der Waals surface area (Å²) in [4.78, 5) is 4.41. The number of ether oxygens (including phenoxy) is 1. The van der Waals surface area contributed by atoms with Crippen LogP contribution < -0.4 is 5.32 Å². The molecule has 1 fully saturated rings. The van der Waals surface area contributed by atoms with E-state index in [2.05, 4.69) is 10.3 Å². The molecule has 1 aromatic rings. The second-order valence-corrected chi connectivity index (χ2v) is 5.65. The molecule has 2 rings (SSSR count). The monoisotopic (exact) mass is 278 g/mol. The highest BCUT2D eigenvalue weighted by Crippen LogP contribution is 2.20. The first-order valence-corrected chi connectivity index (χ1v) is 7.67. The highest BCUT2D eigenvalue weighted by Gasteiger charge is 2.15. The summed E-state index contributed by atoms with van der Waals surface area (Å²) in [6.07, 6.45) is 6.06. The first-order chi connectivity index (χ1) is 9.74. The van der Waals surface area contributed by atoms with Gasteiger partial charge in [0.2, 0.25) is 0 Å². The third-order valence-electron chi connectivity index (χ3n) is 3.71. The van der Waals surface area contributed by atoms with Crippen LogP contribution in [0.2, 0.25) is 0 Å². The predicted octanol–water partition coefficient (Wildman–Crippen LogP) is 2.19. The van der Waals surface area contributed by atoms with Crippen LogP contribution >= 0.6 is 0 Å². The average Bonchev–Trinajstić information content (AvgIpc) is 2.46. The number of pyridine rings is 1. The van der Waals surface area contributed by atoms with Crippen molar-refractivity contribution in [2.24, 2.45) is 0 Å². The fourth-order valence-corrected chi connectivity index (χ4v) is 2.60. The van der Waals surface area contributed by atoms with Crippen LogP contribution in [0.3, 0.4) is 0 Å². The van der Waals surface area contributed by atoms with E-state index < -0.39 is 6.10 Å². The minimum absolute atomic E-state index is 0.358. The van der Waals surface area contributed by atoms with Gasteiger partial charge in [0.1, 0.15) is 0 Å². The molecule has 112 valence electrons. The van der Waals surface area contributed by atoms with Gasteiger partial charge in [-0.25, -0.2) is 0 Å². The van der Waals surface area contributed by atoms with Gasteiger partial charge in [-0.1, -0.05) is 25.3 Å². The number of aryl methyl sites for hydroxylation is 1. The molecule has 0 aromatic carbocycles. The van der Waals surface area contributed by atoms with Crippen molar-refractivity contribution in [3.05, 3.63) is 29.6 Å². The summed E-state index contributed by atoms with van der Waals surface area (Å²) in [5, 5.41) is 13.1. The van der Waals surface area contributed by atoms with Gasteiger partial charge in [-0.2, -0.15) is 0 Å². The van der Waals surface area contributed by atoms with Gasteiger partial charge in [-0.15, -0.1) is 0 Å². The van der Waals surface area contributed by atoms with Crippen molar-refractivity contribution in [3.63, 3.8) is 0 Å². The van der Waals surface area contributed by atoms with Gasteiger partial charge in [0, 0.05) is 18.8 Å². The number of aliphatic hydroxyl groups excluding tert-OH is 1. The van der Waals surface area contributed by atoms with Crippen LogP contribution in [0.4, 0.5) is 0 Å². The van der Waals surface area contributed by atoms with Crippen LogP contribution in [0.1, 0.15) is 43.5 Å². The summed E-state index contributed by atoms with van der Waals surface area (Å²) in [5.74, 6) is 0. The van der Waals surface area contributed by atoms with Crippen molar-refractivity contribution in [1.82, 2.24) is 10.3 Å². The molecule has 0 aliphatic heterocycles. The third kappa shape index (κ3) is 5.57. The predicted molar refractivity (Wildman–Crippen MR) is 79.5 cm³/mol. The Hall–Kier alpha value is -0.970. The van der Waals surface area contributed by atoms with Crippen molar-refractivity contribution in [3.8, 4) is 0 Å². The standard InChI is InChI=1S/C16H26N2O2/c1-13-6-5-7-14(18-13)10-17-11-15(19)12-20-16-8-3-2-4-9-16/h5-7,15-17,19H,2-4,8-12H2,1H3. The Morgan fingerprint density at radius 1 is 1.35 bits per heavy atom. The zero-order chi connectivity index (χ0) is 14.2. The SMILES string of the molecule is Cc1cccc(CNCC(O)COC2CCCCC2)n1. The van der Waals surface area contributed by atoms with E-state index in [1.807, 2.05) is 25.1 Å². The molecule has 0 bridgehead atoms. The van der Waals surface area contributed by atoms with Gasteiger partial charge in [0.05, 0.1) is 24.5 Å². The summed E-state index contributed by atoms with van der Waals surface area (Å²) >= 11 is 0. The van der Waals surface area contributed by atoms with E-state index in [0.29, 0.717) is 25.8 Å². The highest BCUT2D eigenvalue weighted by atomic mass is 16.5. The number of hydrogen-bond acceptors (Lipinski definition) is 4. The summed E-state index contributed by atoms with van der Waals surface area (Å²) in [5.41, 5.74) is 2.02. The molecule has 0 spiro atoms. The zero-order valence-electron chi connectivity index (χ0n) is 12.3. The molecule has 0 radical (unpaired) electrons. The molecule has 0 saturated heterocycles. The molecule has 1 heterocycles. The summed E-state index contributed by atoms with van der Waals surface area (Å²) < 4.78 is 5.76. The largest absolute Gasteiger partial charge is 0.389 e. The van der Waals surface area contributed by atoms with Gasteiger partial charge >= 0.3 is 0 Å². The third-order valence-corrected chi connectivity index (χ3v) is 3.71. The average molecular weight is 278 g/mol. The fraction of sp³-hybridized carbons (Fsp3) is 0.688. The van der Waals surface area contributed by atoms with Gasteiger partial charge in [0.15, 0.2) is 0 Å². The molecule has 2 N–H and O–H groups in total. The lowest BCUT2D eigenvalue weighted by molar-refractivity contribution is -0.0230. The molecule has 0 amide bonds. The van der Waals surface area contributed by atoms with E-state index in [1.165, 1.54) is 19.3 Å². The van der Waals surface area contributed by atoms with E-state index in [9.17, 15) is 5.11 Å². The smallest absolute Gasteiger partial charge is 0.0897 e. The second kappa shape index (κ2) is 8.35. The molecule has 4 nitrogen and oxygen atoms in total. The number of aromatic nitrogens is 1. The first-order valence-electron chi connectivity index (χ1n) is 7.67. The Kier molecular flexibility index (Phi) is 6.43. The van der Waals surface area contributed by atoms with Crippen molar-refractivity contribution in [2.75, 3.05) is 13.2 Å². The number of nitrogens with one attached hydrogen (secondary N) is 1. The lowest BCUT2D eigenvalue weighted by Crippen LogP contribution is -2.32. The van der Waals surface area contributed by atoms with E-state index in [0.717, 1.165) is 24.2 Å². The molecule has 1 saturated carbocycles. The molecule has 1 aliphatic rings. The number of aliphatic hydroxyl groups is 1. The number of hydrogen-bond donors (Lipinski definition) is 2. The first kappa shape index (κ1) is 15.4. The molecule has 4 heteroatoms. The van der Waals surface area contributed by atoms with E-state index in [1.54, 1.807) is 0 Å². The van der Waals surface area contributed by atoms with Crippen molar-refractivity contribution in [1.29, 1.82) is 0 Å². The van der Waals surface area contributed by atoms with Crippen molar-refractivity contribution >= 4 is 0 Å². The Bertz CT molecular complexity index is 392. The normalized spacial score (nSPS) is 18.1. The summed E-state index contributed by atoms with van der Waals surface area (Å²) in [6, 6.07) is 5.98. The van der Waals surface area contributed by atoms with Crippen LogP contribution in [0.25, 0.3) is 0 Å². The minimum Gasteiger partial charge on any atom is -0.389 e. The molecule has 1 aromatic heterocycles. The van der Waals surface area contributed by atoms with Crippen molar-refractivity contribution < 1.29 is 9.84 Å². The molecule has 1 unspecified atom stereocenters. The maximum atomic E-state index is 9.90. The molecular formula is C16H26N2O2. The lowest BCUT2D eigenvalue weighted by Gasteiger charge is -2.23. The van der Waals surface area contributed by atoms with Crippen molar-refractivity contribution in [2.45, 2.75) is 57.8 Å². The Morgan fingerprint density at radius 3 is 2.90 bits per heavy atom. The van der Waals surface area contributed by atoms with Gasteiger partial charge < -0.3 is 15.2 Å². The summed E-state index contributed by atoms with van der Waals surface area (Å²) in [7, 11) is 0. The topological polar surface area (TPSA) is 54.4 Å². The van der Waals surface area contributed by atoms with Crippen LogP contribution in [0, 0.1) is 6.92 Å². The van der Waals surface area contributed by atoms with Gasteiger partial charge in [0.25, 0.3) is 0 Å². The Morgan fingerprint density at radius 2 is 2.15 bits per heavy atom. The fourth-order valence-electron chi connectivity index (χ4n) is 2.60. The van der Waals surface area contributed by atoms with E-state index in [-0.39, 0.29) is 0 Å². The van der Waals surface area contributed by atoms with E-state index in [4.69, 9.17) is 4.74 Å². The van der Waals surface area contributed by atoms with Crippen LogP contribution in [0.5, 0.6) is 0 Å². The Labute approximate surface area is 121 Å². The lowest BCUT2D eigenvalue weighted by atomic mass is 9.98. The maximum absolute atomic E-state index is 9.90. The van der Waals surface area contributed by atoms with Gasteiger partial charge in [-0.3, -0.25) is 4.98 Å². The molecule has 20 heavy (non-hydrogen) atoms. The van der Waals surface area contributed by atoms with Crippen LogP contribution in [0.15, 0.2) is 18.2 Å². The zero-order valence-corrected chi connectivity index (χ0v) is 12.3. The van der Waals surface area contributed by atoms with Crippen LogP contribution in [-0.4, -0.2) is 35.5 Å². The maximum Gasteiger partial charge on any atom is 0.0897 e. The highest BCUT2D eigenvalue weighted by molar-refractivity contribution is 5.09. The number of rotatable bonds is 7. The minimum atomic E-state index is -0.443. The molecule has 1 aliphatic carbocycles. The van der Waals surface area contributed by atoms with E-state index >= 15 is 0 Å².